The van der Waals surface area contributed by atoms with Crippen LogP contribution in [0.5, 0.6) is 11.5 Å². The first kappa shape index (κ1) is 15.2. The first-order valence-corrected chi connectivity index (χ1v) is 6.63. The number of nitriles is 1. The molecule has 0 saturated carbocycles. The number of ether oxygens (including phenoxy) is 2. The molecule has 21 heavy (non-hydrogen) atoms. The van der Waals surface area contributed by atoms with Crippen LogP contribution in [0.1, 0.15) is 5.56 Å². The molecule has 0 bridgehead atoms. The maximum Gasteiger partial charge on any atom is 0.349 e. The van der Waals surface area contributed by atoms with Crippen LogP contribution in [0.2, 0.25) is 10.0 Å². The fourth-order valence-corrected chi connectivity index (χ4v) is 1.81. The number of rotatable bonds is 4. The van der Waals surface area contributed by atoms with Gasteiger partial charge in [0.1, 0.15) is 10.8 Å². The number of carbonyl (C=O) groups excluding carboxylic acids is 1. The smallest absolute Gasteiger partial charge is 0.349 e. The van der Waals surface area contributed by atoms with E-state index >= 15 is 0 Å². The van der Waals surface area contributed by atoms with Crippen molar-refractivity contribution in [3.05, 3.63) is 58.1 Å². The summed E-state index contributed by atoms with van der Waals surface area (Å²) in [6, 6.07) is 13.1. The predicted octanol–water partition coefficient (Wildman–Crippen LogP) is 3.85. The van der Waals surface area contributed by atoms with Gasteiger partial charge in [-0.3, -0.25) is 0 Å². The molecule has 0 aliphatic rings. The van der Waals surface area contributed by atoms with Crippen LogP contribution < -0.4 is 9.47 Å². The number of nitrogens with zero attached hydrogens (tertiary/aromatic N) is 1. The molecule has 0 saturated heterocycles. The number of halogens is 2. The first-order chi connectivity index (χ1) is 10.1. The third kappa shape index (κ3) is 4.12. The van der Waals surface area contributed by atoms with Crippen LogP contribution in [-0.2, 0) is 4.79 Å². The van der Waals surface area contributed by atoms with Crippen LogP contribution >= 0.6 is 23.2 Å². The Hall–Kier alpha value is -2.22. The molecule has 6 heteroatoms. The molecule has 0 heterocycles. The van der Waals surface area contributed by atoms with Gasteiger partial charge in [0.2, 0.25) is 0 Å². The molecule has 0 fully saturated rings. The van der Waals surface area contributed by atoms with Gasteiger partial charge in [0.25, 0.3) is 0 Å². The van der Waals surface area contributed by atoms with E-state index in [0.29, 0.717) is 16.3 Å². The second-order valence-electron chi connectivity index (χ2n) is 3.95. The lowest BCUT2D eigenvalue weighted by atomic mass is 10.2. The summed E-state index contributed by atoms with van der Waals surface area (Å²) < 4.78 is 10.3. The quantitative estimate of drug-likeness (QED) is 0.634. The summed E-state index contributed by atoms with van der Waals surface area (Å²) in [5.74, 6) is 0.0317. The average molecular weight is 322 g/mol. The maximum atomic E-state index is 11.7. The van der Waals surface area contributed by atoms with Gasteiger partial charge in [-0.25, -0.2) is 4.79 Å². The molecule has 0 aromatic heterocycles. The van der Waals surface area contributed by atoms with Gasteiger partial charge in [-0.15, -0.1) is 0 Å². The lowest BCUT2D eigenvalue weighted by Gasteiger charge is -2.08. The third-order valence-electron chi connectivity index (χ3n) is 2.48. The summed E-state index contributed by atoms with van der Waals surface area (Å²) in [7, 11) is 0. The molecule has 106 valence electrons. The number of hydrogen-bond donors (Lipinski definition) is 0. The minimum Gasteiger partial charge on any atom is -0.482 e. The average Bonchev–Trinajstić information content (AvgIpc) is 2.50. The molecular formula is C15H9Cl2NO3. The Labute approximate surface area is 131 Å². The van der Waals surface area contributed by atoms with E-state index in [-0.39, 0.29) is 17.4 Å². The molecule has 2 rings (SSSR count). The van der Waals surface area contributed by atoms with E-state index in [4.69, 9.17) is 37.9 Å². The van der Waals surface area contributed by atoms with Crippen LogP contribution in [0.15, 0.2) is 42.5 Å². The maximum absolute atomic E-state index is 11.7. The van der Waals surface area contributed by atoms with E-state index in [9.17, 15) is 4.79 Å². The molecule has 2 aromatic carbocycles. The number of esters is 1. The van der Waals surface area contributed by atoms with Crippen LogP contribution in [0.4, 0.5) is 0 Å². The lowest BCUT2D eigenvalue weighted by molar-refractivity contribution is -0.136. The van der Waals surface area contributed by atoms with Crippen molar-refractivity contribution in [1.82, 2.24) is 0 Å². The van der Waals surface area contributed by atoms with E-state index in [0.717, 1.165) is 0 Å². The van der Waals surface area contributed by atoms with Crippen LogP contribution in [0.25, 0.3) is 0 Å². The lowest BCUT2D eigenvalue weighted by Crippen LogP contribution is -2.17. The Bertz CT molecular complexity index is 693. The van der Waals surface area contributed by atoms with Gasteiger partial charge in [-0.2, -0.15) is 5.26 Å². The van der Waals surface area contributed by atoms with Crippen molar-refractivity contribution in [3.8, 4) is 17.6 Å². The number of benzene rings is 2. The Kier molecular flexibility index (Phi) is 5.04. The Balaban J connectivity index is 1.93. The SMILES string of the molecule is N#Cc1ccc(OCC(=O)Oc2cccc(Cl)c2Cl)cc1. The van der Waals surface area contributed by atoms with E-state index < -0.39 is 5.97 Å². The third-order valence-corrected chi connectivity index (χ3v) is 3.28. The molecule has 4 nitrogen and oxygen atoms in total. The Morgan fingerprint density at radius 3 is 2.52 bits per heavy atom. The molecular weight excluding hydrogens is 313 g/mol. The molecule has 0 N–H and O–H groups in total. The van der Waals surface area contributed by atoms with Gasteiger partial charge in [0.05, 0.1) is 16.7 Å². The Morgan fingerprint density at radius 1 is 1.14 bits per heavy atom. The van der Waals surface area contributed by atoms with Crippen molar-refractivity contribution >= 4 is 29.2 Å². The van der Waals surface area contributed by atoms with Gasteiger partial charge in [0.15, 0.2) is 12.4 Å². The summed E-state index contributed by atoms with van der Waals surface area (Å²) in [5, 5.41) is 9.14. The highest BCUT2D eigenvalue weighted by Gasteiger charge is 2.11. The molecule has 0 aliphatic heterocycles. The van der Waals surface area contributed by atoms with Gasteiger partial charge in [-0.1, -0.05) is 29.3 Å². The van der Waals surface area contributed by atoms with Gasteiger partial charge >= 0.3 is 5.97 Å². The highest BCUT2D eigenvalue weighted by atomic mass is 35.5. The molecule has 0 spiro atoms. The summed E-state index contributed by atoms with van der Waals surface area (Å²) in [4.78, 5) is 11.7. The fourth-order valence-electron chi connectivity index (χ4n) is 1.48. The zero-order valence-electron chi connectivity index (χ0n) is 10.7. The summed E-state index contributed by atoms with van der Waals surface area (Å²) >= 11 is 11.7. The minimum atomic E-state index is -0.608. The number of hydrogen-bond acceptors (Lipinski definition) is 4. The van der Waals surface area contributed by atoms with Crippen LogP contribution in [0.3, 0.4) is 0 Å². The molecule has 0 aliphatic carbocycles. The van der Waals surface area contributed by atoms with Crippen molar-refractivity contribution in [3.63, 3.8) is 0 Å². The van der Waals surface area contributed by atoms with E-state index in [1.54, 1.807) is 36.4 Å². The van der Waals surface area contributed by atoms with Crippen molar-refractivity contribution in [2.24, 2.45) is 0 Å². The fraction of sp³-hybridized carbons (Fsp3) is 0.0667. The molecule has 2 aromatic rings. The minimum absolute atomic E-state index is 0.172. The van der Waals surface area contributed by atoms with E-state index in [1.165, 1.54) is 6.07 Å². The predicted molar refractivity (Wildman–Crippen MR) is 78.7 cm³/mol. The van der Waals surface area contributed by atoms with Crippen molar-refractivity contribution in [2.45, 2.75) is 0 Å². The highest BCUT2D eigenvalue weighted by molar-refractivity contribution is 6.43. The van der Waals surface area contributed by atoms with Crippen molar-refractivity contribution < 1.29 is 14.3 Å². The first-order valence-electron chi connectivity index (χ1n) is 5.88. The van der Waals surface area contributed by atoms with Gasteiger partial charge < -0.3 is 9.47 Å². The summed E-state index contributed by atoms with van der Waals surface area (Å²) in [6.45, 7) is -0.283. The van der Waals surface area contributed by atoms with E-state index in [2.05, 4.69) is 0 Å². The largest absolute Gasteiger partial charge is 0.482 e. The van der Waals surface area contributed by atoms with Gasteiger partial charge in [0, 0.05) is 0 Å². The van der Waals surface area contributed by atoms with E-state index in [1.807, 2.05) is 6.07 Å². The monoisotopic (exact) mass is 321 g/mol. The second kappa shape index (κ2) is 6.98. The van der Waals surface area contributed by atoms with Crippen LogP contribution in [0, 0.1) is 11.3 Å². The van der Waals surface area contributed by atoms with Crippen molar-refractivity contribution in [2.75, 3.05) is 6.61 Å². The van der Waals surface area contributed by atoms with Crippen molar-refractivity contribution in [1.29, 1.82) is 5.26 Å². The Morgan fingerprint density at radius 2 is 1.86 bits per heavy atom. The number of carbonyl (C=O) groups is 1. The molecule has 0 radical (unpaired) electrons. The van der Waals surface area contributed by atoms with Crippen LogP contribution in [-0.4, -0.2) is 12.6 Å². The van der Waals surface area contributed by atoms with Gasteiger partial charge in [-0.05, 0) is 36.4 Å². The topological polar surface area (TPSA) is 59.3 Å². The molecule has 0 atom stereocenters. The highest BCUT2D eigenvalue weighted by Crippen LogP contribution is 2.31. The summed E-state index contributed by atoms with van der Waals surface area (Å²) in [5.41, 5.74) is 0.510. The summed E-state index contributed by atoms with van der Waals surface area (Å²) in [6.07, 6.45) is 0. The standard InChI is InChI=1S/C15H9Cl2NO3/c16-12-2-1-3-13(15(12)17)21-14(19)9-20-11-6-4-10(8-18)5-7-11/h1-7H,9H2. The zero-order valence-corrected chi connectivity index (χ0v) is 12.2. The normalized spacial score (nSPS) is 9.76. The molecule has 0 amide bonds. The second-order valence-corrected chi connectivity index (χ2v) is 4.74. The zero-order chi connectivity index (χ0) is 15.2. The molecule has 0 unspecified atom stereocenters.